The molecule has 0 aromatic heterocycles. The molecule has 0 aromatic carbocycles. The van der Waals surface area contributed by atoms with E-state index in [2.05, 4.69) is 11.3 Å². The minimum Gasteiger partial charge on any atom is -0.460 e. The van der Waals surface area contributed by atoms with Crippen LogP contribution in [0.25, 0.3) is 0 Å². The van der Waals surface area contributed by atoms with Crippen LogP contribution in [0.1, 0.15) is 6.42 Å². The molecule has 0 unspecified atom stereocenters. The van der Waals surface area contributed by atoms with Gasteiger partial charge in [-0.05, 0) is 0 Å². The van der Waals surface area contributed by atoms with E-state index in [9.17, 15) is 14.7 Å². The fourth-order valence-electron chi connectivity index (χ4n) is 0.487. The van der Waals surface area contributed by atoms with Crippen LogP contribution >= 0.6 is 0 Å². The standard InChI is InChI=1S/C7H9O5/c1-5(4-6(9)10)7(11)12-3-2-8/h8H,1-4H2. The number of esters is 1. The van der Waals surface area contributed by atoms with Gasteiger partial charge in [0.1, 0.15) is 6.61 Å². The lowest BCUT2D eigenvalue weighted by molar-refractivity contribution is -0.146. The average Bonchev–Trinajstić information content (AvgIpc) is 1.98. The summed E-state index contributed by atoms with van der Waals surface area (Å²) in [6, 6.07) is 0. The van der Waals surface area contributed by atoms with Crippen LogP contribution in [0.2, 0.25) is 0 Å². The van der Waals surface area contributed by atoms with Gasteiger partial charge in [-0.1, -0.05) is 6.58 Å². The van der Waals surface area contributed by atoms with Gasteiger partial charge in [0.2, 0.25) is 0 Å². The zero-order valence-electron chi connectivity index (χ0n) is 6.41. The third kappa shape index (κ3) is 4.45. The fraction of sp³-hybridized carbons (Fsp3) is 0.429. The number of carbonyl (C=O) groups is 2. The van der Waals surface area contributed by atoms with Crippen LogP contribution in [0.15, 0.2) is 12.2 Å². The van der Waals surface area contributed by atoms with Gasteiger partial charge >= 0.3 is 11.9 Å². The summed E-state index contributed by atoms with van der Waals surface area (Å²) in [4.78, 5) is 20.7. The second-order valence-electron chi connectivity index (χ2n) is 2.01. The van der Waals surface area contributed by atoms with Crippen molar-refractivity contribution in [3.05, 3.63) is 12.2 Å². The minimum absolute atomic E-state index is 0.162. The van der Waals surface area contributed by atoms with Crippen molar-refractivity contribution in [2.75, 3.05) is 13.2 Å². The van der Waals surface area contributed by atoms with E-state index in [0.717, 1.165) is 0 Å². The molecule has 1 radical (unpaired) electrons. The first-order valence-corrected chi connectivity index (χ1v) is 3.23. The maximum Gasteiger partial charge on any atom is 0.360 e. The van der Waals surface area contributed by atoms with Crippen LogP contribution in [-0.4, -0.2) is 30.3 Å². The normalized spacial score (nSPS) is 9.08. The van der Waals surface area contributed by atoms with Crippen molar-refractivity contribution in [2.24, 2.45) is 0 Å². The second-order valence-corrected chi connectivity index (χ2v) is 2.01. The van der Waals surface area contributed by atoms with Crippen molar-refractivity contribution in [1.29, 1.82) is 0 Å². The molecular formula is C7H9O5. The maximum absolute atomic E-state index is 10.7. The van der Waals surface area contributed by atoms with Crippen LogP contribution in [-0.2, 0) is 19.4 Å². The van der Waals surface area contributed by atoms with E-state index in [-0.39, 0.29) is 18.8 Å². The molecule has 5 nitrogen and oxygen atoms in total. The molecule has 0 atom stereocenters. The lowest BCUT2D eigenvalue weighted by Crippen LogP contribution is -2.12. The van der Waals surface area contributed by atoms with Gasteiger partial charge < -0.3 is 9.84 Å². The topological polar surface area (TPSA) is 83.5 Å². The van der Waals surface area contributed by atoms with Gasteiger partial charge in [-0.2, -0.15) is 0 Å². The van der Waals surface area contributed by atoms with Crippen molar-refractivity contribution in [1.82, 2.24) is 0 Å². The molecule has 5 heteroatoms. The highest BCUT2D eigenvalue weighted by Crippen LogP contribution is 2.00. The van der Waals surface area contributed by atoms with Gasteiger partial charge in [-0.25, -0.2) is 14.7 Å². The highest BCUT2D eigenvalue weighted by Gasteiger charge is 2.12. The van der Waals surface area contributed by atoms with E-state index in [1.165, 1.54) is 0 Å². The summed E-state index contributed by atoms with van der Waals surface area (Å²) in [6.07, 6.45) is -0.551. The highest BCUT2D eigenvalue weighted by molar-refractivity contribution is 5.92. The lowest BCUT2D eigenvalue weighted by atomic mass is 10.2. The number of carbonyl (C=O) groups excluding carboxylic acids is 2. The molecule has 0 rings (SSSR count). The molecule has 0 aliphatic rings. The number of aliphatic hydroxyl groups excluding tert-OH is 1. The molecule has 0 aliphatic carbocycles. The van der Waals surface area contributed by atoms with Gasteiger partial charge in [0, 0.05) is 5.57 Å². The molecule has 0 bridgehead atoms. The molecular weight excluding hydrogens is 164 g/mol. The smallest absolute Gasteiger partial charge is 0.360 e. The summed E-state index contributed by atoms with van der Waals surface area (Å²) < 4.78 is 4.37. The van der Waals surface area contributed by atoms with Gasteiger partial charge in [-0.15, -0.1) is 0 Å². The number of hydrogen-bond donors (Lipinski definition) is 1. The van der Waals surface area contributed by atoms with E-state index in [0.29, 0.717) is 0 Å². The third-order valence-corrected chi connectivity index (χ3v) is 0.971. The summed E-state index contributed by atoms with van der Waals surface area (Å²) >= 11 is 0. The van der Waals surface area contributed by atoms with E-state index in [4.69, 9.17) is 5.11 Å². The van der Waals surface area contributed by atoms with Crippen molar-refractivity contribution >= 4 is 11.9 Å². The summed E-state index contributed by atoms with van der Waals surface area (Å²) in [5, 5.41) is 18.2. The molecule has 0 aromatic rings. The van der Waals surface area contributed by atoms with Gasteiger partial charge in [0.25, 0.3) is 0 Å². The largest absolute Gasteiger partial charge is 0.460 e. The average molecular weight is 173 g/mol. The van der Waals surface area contributed by atoms with E-state index in [1.807, 2.05) is 0 Å². The number of hydrogen-bond acceptors (Lipinski definition) is 4. The number of ether oxygens (including phenoxy) is 1. The molecule has 0 saturated heterocycles. The lowest BCUT2D eigenvalue weighted by Gasteiger charge is -2.01. The molecule has 0 heterocycles. The summed E-state index contributed by atoms with van der Waals surface area (Å²) in [6.45, 7) is 2.71. The van der Waals surface area contributed by atoms with Crippen molar-refractivity contribution in [3.63, 3.8) is 0 Å². The Labute approximate surface area is 69.3 Å². The summed E-state index contributed by atoms with van der Waals surface area (Å²) in [5.74, 6) is -2.21. The van der Waals surface area contributed by atoms with Crippen LogP contribution in [0, 0.1) is 0 Å². The number of rotatable bonds is 5. The quantitative estimate of drug-likeness (QED) is 0.445. The van der Waals surface area contributed by atoms with Crippen LogP contribution in [0.4, 0.5) is 0 Å². The Balaban J connectivity index is 3.77. The summed E-state index contributed by atoms with van der Waals surface area (Å²) in [5.41, 5.74) is -0.191. The molecule has 0 aliphatic heterocycles. The second kappa shape index (κ2) is 5.31. The predicted octanol–water partition coefficient (Wildman–Crippen LogP) is -0.575. The van der Waals surface area contributed by atoms with E-state index in [1.54, 1.807) is 0 Å². The Hall–Kier alpha value is -1.36. The van der Waals surface area contributed by atoms with E-state index >= 15 is 0 Å². The Morgan fingerprint density at radius 1 is 1.42 bits per heavy atom. The van der Waals surface area contributed by atoms with Crippen molar-refractivity contribution in [3.8, 4) is 0 Å². The molecule has 0 fully saturated rings. The summed E-state index contributed by atoms with van der Waals surface area (Å²) in [7, 11) is 0. The first-order chi connectivity index (χ1) is 5.57. The van der Waals surface area contributed by atoms with Gasteiger partial charge in [0.15, 0.2) is 0 Å². The van der Waals surface area contributed by atoms with E-state index < -0.39 is 18.4 Å². The van der Waals surface area contributed by atoms with Gasteiger partial charge in [0.05, 0.1) is 13.0 Å². The molecule has 0 amide bonds. The van der Waals surface area contributed by atoms with Gasteiger partial charge in [-0.3, -0.25) is 0 Å². The van der Waals surface area contributed by atoms with Crippen LogP contribution in [0.5, 0.6) is 0 Å². The third-order valence-electron chi connectivity index (χ3n) is 0.971. The monoisotopic (exact) mass is 173 g/mol. The zero-order valence-corrected chi connectivity index (χ0v) is 6.41. The minimum atomic E-state index is -1.39. The maximum atomic E-state index is 10.7. The molecule has 1 N–H and O–H groups in total. The fourth-order valence-corrected chi connectivity index (χ4v) is 0.487. The first-order valence-electron chi connectivity index (χ1n) is 3.23. The zero-order chi connectivity index (χ0) is 9.56. The molecule has 0 spiro atoms. The van der Waals surface area contributed by atoms with Crippen molar-refractivity contribution < 1.29 is 24.5 Å². The molecule has 0 saturated carbocycles. The molecule has 67 valence electrons. The first kappa shape index (κ1) is 10.6. The Morgan fingerprint density at radius 2 is 2.00 bits per heavy atom. The number of aliphatic hydroxyl groups is 1. The Bertz CT molecular complexity index is 196. The Kier molecular flexibility index (Phi) is 4.71. The van der Waals surface area contributed by atoms with Crippen molar-refractivity contribution in [2.45, 2.75) is 6.42 Å². The Morgan fingerprint density at radius 3 is 2.42 bits per heavy atom. The predicted molar refractivity (Wildman–Crippen MR) is 37.5 cm³/mol. The SMILES string of the molecule is C=C(CC([O])=O)C(=O)OCCO. The van der Waals surface area contributed by atoms with Crippen LogP contribution in [0.3, 0.4) is 0 Å². The van der Waals surface area contributed by atoms with Crippen LogP contribution < -0.4 is 0 Å². The molecule has 12 heavy (non-hydrogen) atoms. The highest BCUT2D eigenvalue weighted by atomic mass is 16.5.